The third-order valence-corrected chi connectivity index (χ3v) is 3.28. The molecular formula is C16H16FN5O2. The first-order chi connectivity index (χ1) is 11.7. The van der Waals surface area contributed by atoms with Crippen molar-refractivity contribution in [1.82, 2.24) is 20.0 Å². The topological polar surface area (TPSA) is 84.8 Å². The Morgan fingerprint density at radius 2 is 2.17 bits per heavy atom. The Bertz CT molecular complexity index is 825. The summed E-state index contributed by atoms with van der Waals surface area (Å²) in [7, 11) is 0. The molecule has 3 aromatic rings. The number of amides is 1. The van der Waals surface area contributed by atoms with Gasteiger partial charge in [0.2, 0.25) is 0 Å². The number of aromatic amines is 1. The first-order valence-electron chi connectivity index (χ1n) is 7.38. The SMILES string of the molecule is CCOCn1cc(NC(=O)c2cc(-c3ccc(F)cc3)n[nH]2)cn1. The number of halogens is 1. The van der Waals surface area contributed by atoms with Gasteiger partial charge in [0.1, 0.15) is 18.2 Å². The minimum atomic E-state index is -0.341. The van der Waals surface area contributed by atoms with Gasteiger partial charge in [0.15, 0.2) is 0 Å². The second kappa shape index (κ2) is 7.05. The van der Waals surface area contributed by atoms with E-state index in [1.165, 1.54) is 18.3 Å². The van der Waals surface area contributed by atoms with Gasteiger partial charge < -0.3 is 10.1 Å². The molecule has 0 aliphatic heterocycles. The van der Waals surface area contributed by atoms with Crippen LogP contribution in [-0.2, 0) is 11.5 Å². The molecular weight excluding hydrogens is 313 g/mol. The van der Waals surface area contributed by atoms with Gasteiger partial charge in [0.05, 0.1) is 23.8 Å². The summed E-state index contributed by atoms with van der Waals surface area (Å²) in [6.45, 7) is 2.80. The van der Waals surface area contributed by atoms with E-state index in [9.17, 15) is 9.18 Å². The Balaban J connectivity index is 1.67. The van der Waals surface area contributed by atoms with Crippen molar-refractivity contribution in [3.05, 3.63) is 54.2 Å². The molecule has 1 amide bonds. The van der Waals surface area contributed by atoms with Crippen LogP contribution in [-0.4, -0.2) is 32.5 Å². The quantitative estimate of drug-likeness (QED) is 0.728. The van der Waals surface area contributed by atoms with E-state index in [4.69, 9.17) is 4.74 Å². The maximum absolute atomic E-state index is 12.9. The fourth-order valence-electron chi connectivity index (χ4n) is 2.09. The molecule has 3 rings (SSSR count). The average molecular weight is 329 g/mol. The van der Waals surface area contributed by atoms with E-state index in [1.807, 2.05) is 6.92 Å². The van der Waals surface area contributed by atoms with E-state index < -0.39 is 0 Å². The Kier molecular flexibility index (Phi) is 4.66. The fourth-order valence-corrected chi connectivity index (χ4v) is 2.09. The molecule has 0 aliphatic rings. The summed E-state index contributed by atoms with van der Waals surface area (Å²) in [6.07, 6.45) is 3.21. The zero-order valence-electron chi connectivity index (χ0n) is 13.0. The Hall–Kier alpha value is -3.00. The van der Waals surface area contributed by atoms with Gasteiger partial charge in [-0.1, -0.05) is 0 Å². The standard InChI is InChI=1S/C16H16FN5O2/c1-2-24-10-22-9-13(8-18-22)19-16(23)15-7-14(20-21-15)11-3-5-12(17)6-4-11/h3-9H,2,10H2,1H3,(H,19,23)(H,20,21). The van der Waals surface area contributed by atoms with Crippen LogP contribution in [0.15, 0.2) is 42.7 Å². The molecule has 1 aromatic carbocycles. The highest BCUT2D eigenvalue weighted by molar-refractivity contribution is 6.03. The molecule has 0 unspecified atom stereocenters. The van der Waals surface area contributed by atoms with E-state index >= 15 is 0 Å². The van der Waals surface area contributed by atoms with E-state index in [0.29, 0.717) is 30.4 Å². The number of carbonyl (C=O) groups excluding carboxylic acids is 1. The van der Waals surface area contributed by atoms with Crippen molar-refractivity contribution < 1.29 is 13.9 Å². The molecule has 2 N–H and O–H groups in total. The van der Waals surface area contributed by atoms with Gasteiger partial charge in [0, 0.05) is 12.2 Å². The summed E-state index contributed by atoms with van der Waals surface area (Å²) < 4.78 is 19.8. The van der Waals surface area contributed by atoms with Crippen molar-refractivity contribution in [3.63, 3.8) is 0 Å². The van der Waals surface area contributed by atoms with Gasteiger partial charge in [-0.15, -0.1) is 0 Å². The average Bonchev–Trinajstić information content (AvgIpc) is 3.23. The highest BCUT2D eigenvalue weighted by atomic mass is 19.1. The monoisotopic (exact) mass is 329 g/mol. The molecule has 2 heterocycles. The highest BCUT2D eigenvalue weighted by Crippen LogP contribution is 2.18. The number of benzene rings is 1. The van der Waals surface area contributed by atoms with E-state index in [2.05, 4.69) is 20.6 Å². The Labute approximate surface area is 137 Å². The van der Waals surface area contributed by atoms with Crippen LogP contribution in [0.4, 0.5) is 10.1 Å². The number of ether oxygens (including phenoxy) is 1. The Morgan fingerprint density at radius 1 is 1.38 bits per heavy atom. The molecule has 0 aliphatic carbocycles. The molecule has 7 nitrogen and oxygen atoms in total. The van der Waals surface area contributed by atoms with E-state index in [0.717, 1.165) is 5.56 Å². The second-order valence-corrected chi connectivity index (χ2v) is 5.02. The molecule has 24 heavy (non-hydrogen) atoms. The molecule has 8 heteroatoms. The lowest BCUT2D eigenvalue weighted by atomic mass is 10.1. The molecule has 0 radical (unpaired) electrons. The summed E-state index contributed by atoms with van der Waals surface area (Å²) in [5.41, 5.74) is 2.13. The molecule has 0 fully saturated rings. The number of aromatic nitrogens is 4. The second-order valence-electron chi connectivity index (χ2n) is 5.02. The summed E-state index contributed by atoms with van der Waals surface area (Å²) in [5, 5.41) is 13.5. The van der Waals surface area contributed by atoms with Crippen LogP contribution in [0.2, 0.25) is 0 Å². The third kappa shape index (κ3) is 3.66. The molecule has 2 aromatic heterocycles. The van der Waals surface area contributed by atoms with Crippen molar-refractivity contribution in [1.29, 1.82) is 0 Å². The molecule has 0 atom stereocenters. The van der Waals surface area contributed by atoms with Gasteiger partial charge in [-0.25, -0.2) is 9.07 Å². The highest BCUT2D eigenvalue weighted by Gasteiger charge is 2.12. The number of rotatable bonds is 6. The van der Waals surface area contributed by atoms with Gasteiger partial charge >= 0.3 is 0 Å². The number of hydrogen-bond acceptors (Lipinski definition) is 4. The zero-order chi connectivity index (χ0) is 16.9. The number of carbonyl (C=O) groups is 1. The lowest BCUT2D eigenvalue weighted by molar-refractivity contribution is 0.0792. The smallest absolute Gasteiger partial charge is 0.273 e. The number of H-pyrrole nitrogens is 1. The van der Waals surface area contributed by atoms with Gasteiger partial charge in [-0.2, -0.15) is 10.2 Å². The first-order valence-corrected chi connectivity index (χ1v) is 7.38. The molecule has 124 valence electrons. The molecule has 0 saturated heterocycles. The van der Waals surface area contributed by atoms with Crippen LogP contribution in [0.25, 0.3) is 11.3 Å². The summed E-state index contributed by atoms with van der Waals surface area (Å²) in [6, 6.07) is 7.50. The van der Waals surface area contributed by atoms with Crippen molar-refractivity contribution >= 4 is 11.6 Å². The van der Waals surface area contributed by atoms with Gasteiger partial charge in [-0.3, -0.25) is 9.89 Å². The predicted octanol–water partition coefficient (Wildman–Crippen LogP) is 2.66. The summed E-state index contributed by atoms with van der Waals surface area (Å²) in [4.78, 5) is 12.2. The van der Waals surface area contributed by atoms with E-state index in [1.54, 1.807) is 29.1 Å². The van der Waals surface area contributed by atoms with Gasteiger partial charge in [0.25, 0.3) is 5.91 Å². The van der Waals surface area contributed by atoms with Gasteiger partial charge in [-0.05, 0) is 37.3 Å². The minimum absolute atomic E-state index is 0.298. The zero-order valence-corrected chi connectivity index (χ0v) is 13.0. The van der Waals surface area contributed by atoms with Crippen molar-refractivity contribution in [3.8, 4) is 11.3 Å². The summed E-state index contributed by atoms with van der Waals surface area (Å²) >= 11 is 0. The molecule has 0 spiro atoms. The van der Waals surface area contributed by atoms with Crippen molar-refractivity contribution in [2.75, 3.05) is 11.9 Å². The normalized spacial score (nSPS) is 10.8. The lowest BCUT2D eigenvalue weighted by Gasteiger charge is -2.00. The molecule has 0 saturated carbocycles. The number of hydrogen-bond donors (Lipinski definition) is 2. The van der Waals surface area contributed by atoms with Crippen LogP contribution in [0.3, 0.4) is 0 Å². The number of anilines is 1. The van der Waals surface area contributed by atoms with Crippen molar-refractivity contribution in [2.24, 2.45) is 0 Å². The third-order valence-electron chi connectivity index (χ3n) is 3.28. The Morgan fingerprint density at radius 3 is 2.92 bits per heavy atom. The van der Waals surface area contributed by atoms with Crippen LogP contribution in [0, 0.1) is 5.82 Å². The largest absolute Gasteiger partial charge is 0.360 e. The van der Waals surface area contributed by atoms with Crippen LogP contribution >= 0.6 is 0 Å². The maximum atomic E-state index is 12.9. The first kappa shape index (κ1) is 15.9. The molecule has 0 bridgehead atoms. The predicted molar refractivity (Wildman–Crippen MR) is 85.8 cm³/mol. The number of nitrogens with one attached hydrogen (secondary N) is 2. The van der Waals surface area contributed by atoms with Crippen molar-refractivity contribution in [2.45, 2.75) is 13.7 Å². The van der Waals surface area contributed by atoms with Crippen LogP contribution in [0.5, 0.6) is 0 Å². The van der Waals surface area contributed by atoms with Crippen LogP contribution < -0.4 is 5.32 Å². The maximum Gasteiger partial charge on any atom is 0.273 e. The lowest BCUT2D eigenvalue weighted by Crippen LogP contribution is -2.12. The fraction of sp³-hybridized carbons (Fsp3) is 0.188. The number of nitrogens with zero attached hydrogens (tertiary/aromatic N) is 3. The summed E-state index contributed by atoms with van der Waals surface area (Å²) in [5.74, 6) is -0.664. The minimum Gasteiger partial charge on any atom is -0.360 e. The van der Waals surface area contributed by atoms with E-state index in [-0.39, 0.29) is 11.7 Å². The van der Waals surface area contributed by atoms with Crippen LogP contribution in [0.1, 0.15) is 17.4 Å².